The Morgan fingerprint density at radius 2 is 1.96 bits per heavy atom. The summed E-state index contributed by atoms with van der Waals surface area (Å²) in [6.45, 7) is 7.05. The van der Waals surface area contributed by atoms with Gasteiger partial charge in [0.2, 0.25) is 0 Å². The Hall–Kier alpha value is -1.80. The van der Waals surface area contributed by atoms with Gasteiger partial charge in [-0.1, -0.05) is 12.1 Å². The van der Waals surface area contributed by atoms with Crippen molar-refractivity contribution in [3.63, 3.8) is 0 Å². The number of hydrogen-bond acceptors (Lipinski definition) is 5. The van der Waals surface area contributed by atoms with Crippen LogP contribution in [0.5, 0.6) is 0 Å². The number of hydrogen-bond donors (Lipinski definition) is 1. The zero-order valence-electron chi connectivity index (χ0n) is 13.9. The van der Waals surface area contributed by atoms with Gasteiger partial charge in [-0.25, -0.2) is 8.93 Å². The van der Waals surface area contributed by atoms with E-state index in [9.17, 15) is 19.1 Å². The molecule has 7 nitrogen and oxygen atoms in total. The lowest BCUT2D eigenvalue weighted by Crippen LogP contribution is -2.47. The average Bonchev–Trinajstić information content (AvgIpc) is 2.46. The Balaban J connectivity index is 3.28. The first-order chi connectivity index (χ1) is 10.5. The van der Waals surface area contributed by atoms with Crippen molar-refractivity contribution in [2.24, 2.45) is 0 Å². The van der Waals surface area contributed by atoms with Crippen molar-refractivity contribution in [3.05, 3.63) is 39.9 Å². The second kappa shape index (κ2) is 7.18. The van der Waals surface area contributed by atoms with E-state index in [2.05, 4.69) is 4.72 Å². The lowest BCUT2D eigenvalue weighted by atomic mass is 9.89. The highest BCUT2D eigenvalue weighted by Gasteiger charge is 2.35. The van der Waals surface area contributed by atoms with E-state index in [0.29, 0.717) is 5.56 Å². The Morgan fingerprint density at radius 1 is 1.35 bits per heavy atom. The van der Waals surface area contributed by atoms with E-state index in [-0.39, 0.29) is 12.1 Å². The summed E-state index contributed by atoms with van der Waals surface area (Å²) in [6.07, 6.45) is -0.105. The molecule has 0 saturated heterocycles. The number of esters is 1. The number of nitro groups is 1. The smallest absolute Gasteiger partial charge is 0.307 e. The Bertz CT molecular complexity index is 627. The summed E-state index contributed by atoms with van der Waals surface area (Å²) >= 11 is 0. The molecule has 1 aromatic rings. The molecule has 2 unspecified atom stereocenters. The SMILES string of the molecule is COC(=O)CC(C)(NS(=O)C(C)(C)C)c1cccc([N+](=O)[O-])c1. The summed E-state index contributed by atoms with van der Waals surface area (Å²) in [4.78, 5) is 22.2. The van der Waals surface area contributed by atoms with Gasteiger partial charge in [-0.15, -0.1) is 0 Å². The van der Waals surface area contributed by atoms with Gasteiger partial charge in [0.15, 0.2) is 0 Å². The largest absolute Gasteiger partial charge is 0.469 e. The van der Waals surface area contributed by atoms with Crippen LogP contribution >= 0.6 is 0 Å². The molecule has 0 amide bonds. The predicted octanol–water partition coefficient (Wildman–Crippen LogP) is 2.42. The van der Waals surface area contributed by atoms with Crippen molar-refractivity contribution in [1.29, 1.82) is 0 Å². The number of carbonyl (C=O) groups excluding carboxylic acids is 1. The number of benzene rings is 1. The molecule has 1 N–H and O–H groups in total. The van der Waals surface area contributed by atoms with E-state index in [1.54, 1.807) is 33.8 Å². The minimum absolute atomic E-state index is 0.0954. The van der Waals surface area contributed by atoms with Crippen LogP contribution in [0.25, 0.3) is 0 Å². The second-order valence-electron chi connectivity index (χ2n) is 6.38. The molecular formula is C15H22N2O5S. The maximum atomic E-state index is 12.5. The standard InChI is InChI=1S/C15H22N2O5S/c1-14(2,3)23(21)16-15(4,10-13(18)22-5)11-7-6-8-12(9-11)17(19)20/h6-9,16H,10H2,1-5H3. The van der Waals surface area contributed by atoms with Crippen molar-refractivity contribution in [1.82, 2.24) is 4.72 Å². The van der Waals surface area contributed by atoms with E-state index in [0.717, 1.165) is 0 Å². The highest BCUT2D eigenvalue weighted by atomic mass is 32.2. The fourth-order valence-electron chi connectivity index (χ4n) is 1.88. The van der Waals surface area contributed by atoms with Crippen LogP contribution in [-0.2, 0) is 26.1 Å². The monoisotopic (exact) mass is 342 g/mol. The number of nitro benzene ring substituents is 1. The summed E-state index contributed by atoms with van der Waals surface area (Å²) in [5.41, 5.74) is -0.659. The van der Waals surface area contributed by atoms with Crippen molar-refractivity contribution in [2.45, 2.75) is 44.4 Å². The van der Waals surface area contributed by atoms with Gasteiger partial charge in [0.05, 0.1) is 39.7 Å². The van der Waals surface area contributed by atoms with Crippen LogP contribution < -0.4 is 4.72 Å². The number of nitrogens with one attached hydrogen (secondary N) is 1. The number of carbonyl (C=O) groups is 1. The maximum Gasteiger partial charge on any atom is 0.307 e. The Morgan fingerprint density at radius 3 is 2.43 bits per heavy atom. The molecule has 0 aliphatic carbocycles. The van der Waals surface area contributed by atoms with Crippen molar-refractivity contribution < 1.29 is 18.7 Å². The van der Waals surface area contributed by atoms with Crippen molar-refractivity contribution in [2.75, 3.05) is 7.11 Å². The zero-order valence-corrected chi connectivity index (χ0v) is 14.7. The normalized spacial score (nSPS) is 15.5. The topological polar surface area (TPSA) is 98.5 Å². The van der Waals surface area contributed by atoms with Crippen molar-refractivity contribution in [3.8, 4) is 0 Å². The molecule has 2 atom stereocenters. The number of nitrogens with zero attached hydrogens (tertiary/aromatic N) is 1. The minimum atomic E-state index is -1.47. The number of rotatable bonds is 6. The van der Waals surface area contributed by atoms with Gasteiger partial charge >= 0.3 is 5.97 Å². The Labute approximate surface area is 138 Å². The molecule has 0 spiro atoms. The first-order valence-electron chi connectivity index (χ1n) is 7.01. The van der Waals surface area contributed by atoms with E-state index in [1.807, 2.05) is 0 Å². The quantitative estimate of drug-likeness (QED) is 0.486. The number of methoxy groups -OCH3 is 1. The molecule has 0 saturated carbocycles. The fraction of sp³-hybridized carbons (Fsp3) is 0.533. The van der Waals surface area contributed by atoms with Gasteiger partial charge in [-0.3, -0.25) is 14.9 Å². The van der Waals surface area contributed by atoms with E-state index in [4.69, 9.17) is 4.74 Å². The van der Waals surface area contributed by atoms with Gasteiger partial charge < -0.3 is 4.74 Å². The van der Waals surface area contributed by atoms with E-state index >= 15 is 0 Å². The van der Waals surface area contributed by atoms with Gasteiger partial charge in [0, 0.05) is 12.1 Å². The molecule has 0 heterocycles. The lowest BCUT2D eigenvalue weighted by molar-refractivity contribution is -0.385. The van der Waals surface area contributed by atoms with Crippen LogP contribution in [0.3, 0.4) is 0 Å². The summed E-state index contributed by atoms with van der Waals surface area (Å²) in [6, 6.07) is 5.92. The van der Waals surface area contributed by atoms with Crippen LogP contribution in [0.4, 0.5) is 5.69 Å². The average molecular weight is 342 g/mol. The third-order valence-corrected chi connectivity index (χ3v) is 5.04. The maximum absolute atomic E-state index is 12.5. The molecule has 23 heavy (non-hydrogen) atoms. The zero-order chi connectivity index (χ0) is 17.8. The molecule has 1 rings (SSSR count). The van der Waals surface area contributed by atoms with E-state index < -0.39 is 32.2 Å². The third-order valence-electron chi connectivity index (χ3n) is 3.29. The lowest BCUT2D eigenvalue weighted by Gasteiger charge is -2.32. The molecule has 0 fully saturated rings. The summed E-state index contributed by atoms with van der Waals surface area (Å²) in [5, 5.41) is 11.0. The molecular weight excluding hydrogens is 320 g/mol. The summed E-state index contributed by atoms with van der Waals surface area (Å²) in [7, 11) is -0.210. The highest BCUT2D eigenvalue weighted by molar-refractivity contribution is 7.84. The molecule has 0 radical (unpaired) electrons. The van der Waals surface area contributed by atoms with Gasteiger partial charge in [0.25, 0.3) is 5.69 Å². The predicted molar refractivity (Wildman–Crippen MR) is 88.1 cm³/mol. The minimum Gasteiger partial charge on any atom is -0.469 e. The molecule has 1 aromatic carbocycles. The molecule has 0 bridgehead atoms. The van der Waals surface area contributed by atoms with Gasteiger partial charge in [-0.2, -0.15) is 0 Å². The van der Waals surface area contributed by atoms with Crippen LogP contribution in [0.1, 0.15) is 39.7 Å². The third kappa shape index (κ3) is 5.11. The van der Waals surface area contributed by atoms with Gasteiger partial charge in [0.1, 0.15) is 0 Å². The van der Waals surface area contributed by atoms with Crippen LogP contribution in [0.2, 0.25) is 0 Å². The fourth-order valence-corrected chi connectivity index (χ4v) is 2.78. The first-order valence-corrected chi connectivity index (χ1v) is 8.16. The van der Waals surface area contributed by atoms with Crippen LogP contribution in [0, 0.1) is 10.1 Å². The number of non-ortho nitro benzene ring substituents is 1. The second-order valence-corrected chi connectivity index (χ2v) is 8.34. The molecule has 0 aliphatic heterocycles. The molecule has 8 heteroatoms. The molecule has 0 aromatic heterocycles. The summed E-state index contributed by atoms with van der Waals surface area (Å²) < 4.78 is 19.5. The van der Waals surface area contributed by atoms with Crippen LogP contribution in [0.15, 0.2) is 24.3 Å². The van der Waals surface area contributed by atoms with E-state index in [1.165, 1.54) is 25.3 Å². The number of ether oxygens (including phenoxy) is 1. The molecule has 128 valence electrons. The summed E-state index contributed by atoms with van der Waals surface area (Å²) in [5.74, 6) is -0.502. The van der Waals surface area contributed by atoms with Crippen molar-refractivity contribution >= 4 is 22.6 Å². The first kappa shape index (κ1) is 19.2. The Kier molecular flexibility index (Phi) is 6.01. The molecule has 0 aliphatic rings. The van der Waals surface area contributed by atoms with Gasteiger partial charge in [-0.05, 0) is 33.3 Å². The van der Waals surface area contributed by atoms with Crippen LogP contribution in [-0.4, -0.2) is 27.0 Å². The highest BCUT2D eigenvalue weighted by Crippen LogP contribution is 2.30.